The Morgan fingerprint density at radius 3 is 2.80 bits per heavy atom. The van der Waals surface area contributed by atoms with Gasteiger partial charge in [0.15, 0.2) is 0 Å². The largest absolute Gasteiger partial charge is 0.444 e. The maximum absolute atomic E-state index is 13.4. The van der Waals surface area contributed by atoms with Gasteiger partial charge in [-0.15, -0.1) is 0 Å². The van der Waals surface area contributed by atoms with Gasteiger partial charge in [0.25, 0.3) is 0 Å². The predicted molar refractivity (Wildman–Crippen MR) is 86.9 cm³/mol. The van der Waals surface area contributed by atoms with E-state index in [4.69, 9.17) is 4.74 Å². The summed E-state index contributed by atoms with van der Waals surface area (Å²) in [5, 5.41) is 6.51. The van der Waals surface area contributed by atoms with Crippen molar-refractivity contribution in [3.63, 3.8) is 0 Å². The highest BCUT2D eigenvalue weighted by Crippen LogP contribution is 2.20. The van der Waals surface area contributed by atoms with Gasteiger partial charge in [-0.2, -0.15) is 5.10 Å². The standard InChI is InChI=1S/C17H20F3N3O2/c1-17(19,20)8-4-5-9-23-11-14(10-21-23)22-16(24)25-12-13-6-2-3-7-15(13)18/h2-3,6-7,10-11H,4-5,8-9,12H2,1H3,(H,22,24). The highest BCUT2D eigenvalue weighted by molar-refractivity contribution is 5.84. The Hall–Kier alpha value is -2.51. The molecule has 0 saturated heterocycles. The van der Waals surface area contributed by atoms with Gasteiger partial charge in [0.05, 0.1) is 11.9 Å². The zero-order valence-corrected chi connectivity index (χ0v) is 13.8. The number of halogens is 3. The first-order valence-corrected chi connectivity index (χ1v) is 7.91. The van der Waals surface area contributed by atoms with Crippen molar-refractivity contribution in [2.24, 2.45) is 0 Å². The molecular weight excluding hydrogens is 335 g/mol. The fourth-order valence-corrected chi connectivity index (χ4v) is 2.17. The molecule has 136 valence electrons. The molecule has 0 radical (unpaired) electrons. The van der Waals surface area contributed by atoms with Gasteiger partial charge >= 0.3 is 6.09 Å². The first-order valence-electron chi connectivity index (χ1n) is 7.91. The number of ether oxygens (including phenoxy) is 1. The van der Waals surface area contributed by atoms with Crippen molar-refractivity contribution in [1.29, 1.82) is 0 Å². The van der Waals surface area contributed by atoms with Crippen molar-refractivity contribution < 1.29 is 22.7 Å². The third-order valence-electron chi connectivity index (χ3n) is 3.45. The number of alkyl halides is 2. The van der Waals surface area contributed by atoms with Gasteiger partial charge in [0, 0.05) is 24.7 Å². The number of carbonyl (C=O) groups excluding carboxylic acids is 1. The van der Waals surface area contributed by atoms with Crippen LogP contribution in [0.5, 0.6) is 0 Å². The third kappa shape index (κ3) is 6.86. The van der Waals surface area contributed by atoms with Gasteiger partial charge in [0.2, 0.25) is 5.92 Å². The molecule has 2 aromatic rings. The van der Waals surface area contributed by atoms with Crippen LogP contribution in [0.1, 0.15) is 31.7 Å². The van der Waals surface area contributed by atoms with Crippen molar-refractivity contribution in [3.8, 4) is 0 Å². The average Bonchev–Trinajstić information content (AvgIpc) is 2.97. The molecule has 5 nitrogen and oxygen atoms in total. The van der Waals surface area contributed by atoms with Crippen LogP contribution in [0.2, 0.25) is 0 Å². The zero-order chi connectivity index (χ0) is 18.3. The van der Waals surface area contributed by atoms with E-state index in [2.05, 4.69) is 10.4 Å². The second kappa shape index (κ2) is 8.55. The number of aryl methyl sites for hydroxylation is 1. The van der Waals surface area contributed by atoms with Crippen LogP contribution >= 0.6 is 0 Å². The quantitative estimate of drug-likeness (QED) is 0.704. The zero-order valence-electron chi connectivity index (χ0n) is 13.8. The lowest BCUT2D eigenvalue weighted by molar-refractivity contribution is 0.0102. The average molecular weight is 355 g/mol. The maximum atomic E-state index is 13.4. The summed E-state index contributed by atoms with van der Waals surface area (Å²) in [5.41, 5.74) is 0.695. The molecule has 2 rings (SSSR count). The van der Waals surface area contributed by atoms with Crippen LogP contribution in [-0.2, 0) is 17.9 Å². The van der Waals surface area contributed by atoms with E-state index in [-0.39, 0.29) is 18.6 Å². The molecular formula is C17H20F3N3O2. The van der Waals surface area contributed by atoms with Crippen LogP contribution in [0.25, 0.3) is 0 Å². The summed E-state index contributed by atoms with van der Waals surface area (Å²) in [6.45, 7) is 1.19. The molecule has 0 bridgehead atoms. The van der Waals surface area contributed by atoms with Gasteiger partial charge < -0.3 is 4.74 Å². The molecule has 0 atom stereocenters. The van der Waals surface area contributed by atoms with E-state index < -0.39 is 17.8 Å². The van der Waals surface area contributed by atoms with Gasteiger partial charge in [-0.1, -0.05) is 18.2 Å². The number of amides is 1. The van der Waals surface area contributed by atoms with E-state index in [0.717, 1.165) is 6.92 Å². The SMILES string of the molecule is CC(F)(F)CCCCn1cc(NC(=O)OCc2ccccc2F)cn1. The summed E-state index contributed by atoms with van der Waals surface area (Å²) in [6, 6.07) is 6.02. The van der Waals surface area contributed by atoms with Gasteiger partial charge in [-0.3, -0.25) is 10.00 Å². The lowest BCUT2D eigenvalue weighted by Crippen LogP contribution is -2.13. The van der Waals surface area contributed by atoms with Crippen LogP contribution in [-0.4, -0.2) is 21.8 Å². The smallest absolute Gasteiger partial charge is 0.412 e. The first kappa shape index (κ1) is 18.8. The van der Waals surface area contributed by atoms with E-state index in [1.165, 1.54) is 18.3 Å². The molecule has 1 aromatic carbocycles. The normalized spacial score (nSPS) is 11.4. The number of carbonyl (C=O) groups is 1. The lowest BCUT2D eigenvalue weighted by Gasteiger charge is -2.09. The lowest BCUT2D eigenvalue weighted by atomic mass is 10.1. The van der Waals surface area contributed by atoms with Crippen LogP contribution in [0.4, 0.5) is 23.7 Å². The minimum absolute atomic E-state index is 0.165. The molecule has 8 heteroatoms. The summed E-state index contributed by atoms with van der Waals surface area (Å²) >= 11 is 0. The Kier molecular flexibility index (Phi) is 6.44. The van der Waals surface area contributed by atoms with Crippen LogP contribution < -0.4 is 5.32 Å². The molecule has 0 aliphatic heterocycles. The highest BCUT2D eigenvalue weighted by atomic mass is 19.3. The van der Waals surface area contributed by atoms with Crippen molar-refractivity contribution in [1.82, 2.24) is 9.78 Å². The minimum Gasteiger partial charge on any atom is -0.444 e. The Morgan fingerprint density at radius 1 is 1.32 bits per heavy atom. The van der Waals surface area contributed by atoms with Crippen molar-refractivity contribution in [2.45, 2.75) is 45.3 Å². The summed E-state index contributed by atoms with van der Waals surface area (Å²) < 4.78 is 45.3. The number of aromatic nitrogens is 2. The van der Waals surface area contributed by atoms with Gasteiger partial charge in [-0.05, 0) is 25.8 Å². The number of rotatable bonds is 8. The third-order valence-corrected chi connectivity index (χ3v) is 3.45. The fraction of sp³-hybridized carbons (Fsp3) is 0.412. The number of hydrogen-bond donors (Lipinski definition) is 1. The van der Waals surface area contributed by atoms with E-state index in [1.54, 1.807) is 23.0 Å². The molecule has 0 aliphatic rings. The number of anilines is 1. The van der Waals surface area contributed by atoms with Crippen molar-refractivity contribution in [3.05, 3.63) is 48.0 Å². The molecule has 0 saturated carbocycles. The molecule has 25 heavy (non-hydrogen) atoms. The van der Waals surface area contributed by atoms with Gasteiger partial charge in [-0.25, -0.2) is 18.0 Å². The second-order valence-electron chi connectivity index (χ2n) is 5.81. The molecule has 1 aromatic heterocycles. The molecule has 0 unspecified atom stereocenters. The summed E-state index contributed by atoms with van der Waals surface area (Å²) in [6.07, 6.45) is 3.06. The molecule has 0 spiro atoms. The van der Waals surface area contributed by atoms with Gasteiger partial charge in [0.1, 0.15) is 12.4 Å². The molecule has 1 heterocycles. The summed E-state index contributed by atoms with van der Waals surface area (Å²) in [7, 11) is 0. The Balaban J connectivity index is 1.73. The maximum Gasteiger partial charge on any atom is 0.412 e. The topological polar surface area (TPSA) is 56.2 Å². The summed E-state index contributed by atoms with van der Waals surface area (Å²) in [4.78, 5) is 11.7. The number of unbranched alkanes of at least 4 members (excludes halogenated alkanes) is 1. The number of nitrogens with zero attached hydrogens (tertiary/aromatic N) is 2. The Labute approximate surface area is 143 Å². The van der Waals surface area contributed by atoms with E-state index in [0.29, 0.717) is 25.1 Å². The number of benzene rings is 1. The Bertz CT molecular complexity index is 698. The second-order valence-corrected chi connectivity index (χ2v) is 5.81. The number of nitrogens with one attached hydrogen (secondary N) is 1. The highest BCUT2D eigenvalue weighted by Gasteiger charge is 2.19. The minimum atomic E-state index is -2.65. The van der Waals surface area contributed by atoms with Crippen LogP contribution in [0.3, 0.4) is 0 Å². The summed E-state index contributed by atoms with van der Waals surface area (Å²) in [5.74, 6) is -3.10. The van der Waals surface area contributed by atoms with E-state index in [1.807, 2.05) is 0 Å². The predicted octanol–water partition coefficient (Wildman–Crippen LogP) is 4.60. The fourth-order valence-electron chi connectivity index (χ4n) is 2.17. The van der Waals surface area contributed by atoms with Crippen LogP contribution in [0, 0.1) is 5.82 Å². The molecule has 1 amide bonds. The monoisotopic (exact) mass is 355 g/mol. The molecule has 0 fully saturated rings. The van der Waals surface area contributed by atoms with Crippen LogP contribution in [0.15, 0.2) is 36.7 Å². The van der Waals surface area contributed by atoms with Crippen molar-refractivity contribution in [2.75, 3.05) is 5.32 Å². The van der Waals surface area contributed by atoms with E-state index in [9.17, 15) is 18.0 Å². The van der Waals surface area contributed by atoms with Crippen molar-refractivity contribution >= 4 is 11.8 Å². The molecule has 1 N–H and O–H groups in total. The number of hydrogen-bond acceptors (Lipinski definition) is 3. The Morgan fingerprint density at radius 2 is 2.08 bits per heavy atom. The molecule has 0 aliphatic carbocycles. The first-order chi connectivity index (χ1) is 11.8. The van der Waals surface area contributed by atoms with E-state index >= 15 is 0 Å².